The van der Waals surface area contributed by atoms with Crippen molar-refractivity contribution in [1.29, 1.82) is 0 Å². The summed E-state index contributed by atoms with van der Waals surface area (Å²) < 4.78 is 0. The minimum Gasteiger partial charge on any atom is -0.368 e. The van der Waals surface area contributed by atoms with Crippen molar-refractivity contribution in [1.82, 2.24) is 15.0 Å². The number of hydrogen-bond donors (Lipinski definition) is 2. The van der Waals surface area contributed by atoms with E-state index in [0.717, 1.165) is 6.42 Å². The van der Waals surface area contributed by atoms with Gasteiger partial charge in [-0.2, -0.15) is 15.0 Å². The highest BCUT2D eigenvalue weighted by molar-refractivity contribution is 5.37. The van der Waals surface area contributed by atoms with E-state index < -0.39 is 0 Å². The number of anilines is 2. The number of aromatic nitrogens is 3. The topological polar surface area (TPSA) is 90.7 Å². The highest BCUT2D eigenvalue weighted by atomic mass is 15.1. The van der Waals surface area contributed by atoms with Crippen LogP contribution >= 0.6 is 0 Å². The summed E-state index contributed by atoms with van der Waals surface area (Å²) in [6.45, 7) is 4.14. The molecular formula is C11H15N5. The standard InChI is InChI=1S/C11H15N5/c1-7-5-3-4-6-11(7,2)8-14-9(12)16-10(13)15-8/h3-5H,6H2,1-2H3,(H4,12,13,14,15,16). The molecular weight excluding hydrogens is 202 g/mol. The van der Waals surface area contributed by atoms with E-state index in [0.29, 0.717) is 5.82 Å². The fraction of sp³-hybridized carbons (Fsp3) is 0.364. The number of allylic oxidation sites excluding steroid dienone is 4. The monoisotopic (exact) mass is 217 g/mol. The van der Waals surface area contributed by atoms with E-state index in [-0.39, 0.29) is 17.3 Å². The van der Waals surface area contributed by atoms with Crippen molar-refractivity contribution in [2.45, 2.75) is 25.7 Å². The Balaban J connectivity index is 2.51. The lowest BCUT2D eigenvalue weighted by Crippen LogP contribution is -2.28. The second-order valence-electron chi connectivity index (χ2n) is 4.19. The molecule has 1 heterocycles. The van der Waals surface area contributed by atoms with Crippen LogP contribution in [0.1, 0.15) is 26.1 Å². The van der Waals surface area contributed by atoms with Gasteiger partial charge in [-0.25, -0.2) is 0 Å². The van der Waals surface area contributed by atoms with Crippen LogP contribution in [-0.2, 0) is 5.41 Å². The fourth-order valence-electron chi connectivity index (χ4n) is 1.78. The molecule has 0 radical (unpaired) electrons. The van der Waals surface area contributed by atoms with Crippen molar-refractivity contribution in [2.75, 3.05) is 11.5 Å². The molecule has 1 aromatic rings. The van der Waals surface area contributed by atoms with Gasteiger partial charge < -0.3 is 11.5 Å². The van der Waals surface area contributed by atoms with Crippen LogP contribution in [0.25, 0.3) is 0 Å². The maximum atomic E-state index is 5.59. The summed E-state index contributed by atoms with van der Waals surface area (Å²) in [4.78, 5) is 12.1. The van der Waals surface area contributed by atoms with Crippen LogP contribution in [0.4, 0.5) is 11.9 Å². The Morgan fingerprint density at radius 1 is 1.19 bits per heavy atom. The van der Waals surface area contributed by atoms with Crippen molar-refractivity contribution in [3.63, 3.8) is 0 Å². The molecule has 0 spiro atoms. The molecule has 5 heteroatoms. The number of nitrogens with zero attached hydrogens (tertiary/aromatic N) is 3. The smallest absolute Gasteiger partial charge is 0.225 e. The molecule has 0 aromatic carbocycles. The molecule has 0 amide bonds. The maximum absolute atomic E-state index is 5.59. The predicted molar refractivity (Wildman–Crippen MR) is 63.5 cm³/mol. The van der Waals surface area contributed by atoms with Crippen LogP contribution in [0.15, 0.2) is 23.8 Å². The van der Waals surface area contributed by atoms with Crippen LogP contribution in [0.2, 0.25) is 0 Å². The van der Waals surface area contributed by atoms with Crippen LogP contribution in [0, 0.1) is 0 Å². The molecule has 84 valence electrons. The highest BCUT2D eigenvalue weighted by Gasteiger charge is 2.32. The quantitative estimate of drug-likeness (QED) is 0.737. The normalized spacial score (nSPS) is 24.2. The Morgan fingerprint density at radius 3 is 2.38 bits per heavy atom. The first-order chi connectivity index (χ1) is 7.52. The molecule has 0 saturated carbocycles. The Bertz CT molecular complexity index is 457. The lowest BCUT2D eigenvalue weighted by Gasteiger charge is -2.29. The Hall–Kier alpha value is -1.91. The van der Waals surface area contributed by atoms with Crippen LogP contribution in [0.3, 0.4) is 0 Å². The van der Waals surface area contributed by atoms with E-state index >= 15 is 0 Å². The zero-order valence-electron chi connectivity index (χ0n) is 9.44. The van der Waals surface area contributed by atoms with Crippen LogP contribution in [-0.4, -0.2) is 15.0 Å². The van der Waals surface area contributed by atoms with Crippen molar-refractivity contribution in [3.05, 3.63) is 29.6 Å². The molecule has 0 aliphatic heterocycles. The summed E-state index contributed by atoms with van der Waals surface area (Å²) in [6.07, 6.45) is 7.02. The molecule has 16 heavy (non-hydrogen) atoms. The molecule has 1 atom stereocenters. The number of nitrogens with two attached hydrogens (primary N) is 2. The van der Waals surface area contributed by atoms with Gasteiger partial charge >= 0.3 is 0 Å². The SMILES string of the molecule is CC1=CC=CCC1(C)c1nc(N)nc(N)n1. The molecule has 0 saturated heterocycles. The number of hydrogen-bond acceptors (Lipinski definition) is 5. The van der Waals surface area contributed by atoms with Gasteiger partial charge in [0.1, 0.15) is 5.82 Å². The Kier molecular flexibility index (Phi) is 2.38. The molecule has 2 rings (SSSR count). The van der Waals surface area contributed by atoms with Gasteiger partial charge in [0.25, 0.3) is 0 Å². The summed E-state index contributed by atoms with van der Waals surface area (Å²) in [7, 11) is 0. The summed E-state index contributed by atoms with van der Waals surface area (Å²) in [6, 6.07) is 0. The van der Waals surface area contributed by atoms with Gasteiger partial charge in [-0.1, -0.05) is 23.8 Å². The first-order valence-electron chi connectivity index (χ1n) is 5.14. The third-order valence-electron chi connectivity index (χ3n) is 3.04. The summed E-state index contributed by atoms with van der Waals surface area (Å²) in [5.41, 5.74) is 12.1. The first kappa shape index (κ1) is 10.6. The molecule has 1 aliphatic carbocycles. The number of rotatable bonds is 1. The molecule has 5 nitrogen and oxygen atoms in total. The average molecular weight is 217 g/mol. The molecule has 0 bridgehead atoms. The van der Waals surface area contributed by atoms with E-state index in [1.165, 1.54) is 5.57 Å². The van der Waals surface area contributed by atoms with E-state index in [2.05, 4.69) is 41.0 Å². The second-order valence-corrected chi connectivity index (χ2v) is 4.19. The highest BCUT2D eigenvalue weighted by Crippen LogP contribution is 2.35. The Morgan fingerprint density at radius 2 is 1.81 bits per heavy atom. The van der Waals surface area contributed by atoms with Gasteiger partial charge in [0.05, 0.1) is 5.41 Å². The second kappa shape index (κ2) is 3.59. The summed E-state index contributed by atoms with van der Waals surface area (Å²) in [5, 5.41) is 0. The van der Waals surface area contributed by atoms with Gasteiger partial charge in [-0.3, -0.25) is 0 Å². The predicted octanol–water partition coefficient (Wildman–Crippen LogP) is 1.20. The summed E-state index contributed by atoms with van der Waals surface area (Å²) >= 11 is 0. The van der Waals surface area contributed by atoms with E-state index in [9.17, 15) is 0 Å². The zero-order valence-corrected chi connectivity index (χ0v) is 9.44. The van der Waals surface area contributed by atoms with E-state index in [1.54, 1.807) is 0 Å². The average Bonchev–Trinajstić information content (AvgIpc) is 2.21. The van der Waals surface area contributed by atoms with Crippen molar-refractivity contribution >= 4 is 11.9 Å². The van der Waals surface area contributed by atoms with Crippen LogP contribution in [0.5, 0.6) is 0 Å². The van der Waals surface area contributed by atoms with Crippen LogP contribution < -0.4 is 11.5 Å². The molecule has 1 unspecified atom stereocenters. The largest absolute Gasteiger partial charge is 0.368 e. The maximum Gasteiger partial charge on any atom is 0.225 e. The Labute approximate surface area is 94.3 Å². The number of nitrogen functional groups attached to an aromatic ring is 2. The zero-order chi connectivity index (χ0) is 11.8. The third kappa shape index (κ3) is 1.64. The van der Waals surface area contributed by atoms with Gasteiger partial charge in [-0.05, 0) is 20.3 Å². The molecule has 1 aromatic heterocycles. The fourth-order valence-corrected chi connectivity index (χ4v) is 1.78. The molecule has 1 aliphatic rings. The van der Waals surface area contributed by atoms with Gasteiger partial charge in [0.15, 0.2) is 0 Å². The van der Waals surface area contributed by atoms with Gasteiger partial charge in [-0.15, -0.1) is 0 Å². The minimum absolute atomic E-state index is 0.172. The van der Waals surface area contributed by atoms with E-state index in [1.807, 2.05) is 6.08 Å². The lowest BCUT2D eigenvalue weighted by molar-refractivity contribution is 0.520. The van der Waals surface area contributed by atoms with Crippen molar-refractivity contribution in [3.8, 4) is 0 Å². The molecule has 0 fully saturated rings. The molecule has 4 N–H and O–H groups in total. The van der Waals surface area contributed by atoms with Crippen molar-refractivity contribution in [2.24, 2.45) is 0 Å². The van der Waals surface area contributed by atoms with Gasteiger partial charge in [0, 0.05) is 0 Å². The van der Waals surface area contributed by atoms with Gasteiger partial charge in [0.2, 0.25) is 11.9 Å². The third-order valence-corrected chi connectivity index (χ3v) is 3.04. The summed E-state index contributed by atoms with van der Waals surface area (Å²) in [5.74, 6) is 0.979. The first-order valence-corrected chi connectivity index (χ1v) is 5.14. The van der Waals surface area contributed by atoms with Crippen molar-refractivity contribution < 1.29 is 0 Å². The minimum atomic E-state index is -0.236. The lowest BCUT2D eigenvalue weighted by atomic mass is 9.76. The van der Waals surface area contributed by atoms with E-state index in [4.69, 9.17) is 11.5 Å².